The Bertz CT molecular complexity index is 345. The molecule has 0 fully saturated rings. The van der Waals surface area contributed by atoms with E-state index in [1.165, 1.54) is 18.4 Å². The van der Waals surface area contributed by atoms with Gasteiger partial charge in [-0.05, 0) is 12.8 Å². The van der Waals surface area contributed by atoms with Crippen LogP contribution in [-0.4, -0.2) is 18.1 Å². The first kappa shape index (κ1) is 8.75. The van der Waals surface area contributed by atoms with E-state index in [2.05, 4.69) is 21.6 Å². The molecule has 1 aromatic heterocycles. The normalized spacial score (nSPS) is 8.50. The number of carbonyl (C=O) groups is 1. The predicted molar refractivity (Wildman–Crippen MR) is 45.7 cm³/mol. The number of hydrogen-bond donors (Lipinski definition) is 0. The van der Waals surface area contributed by atoms with Crippen molar-refractivity contribution in [3.05, 3.63) is 16.1 Å². The molecule has 0 aliphatic carbocycles. The maximum Gasteiger partial charge on any atom is 0.384 e. The third-order valence-corrected chi connectivity index (χ3v) is 1.87. The lowest BCUT2D eigenvalue weighted by Crippen LogP contribution is -1.94. The summed E-state index contributed by atoms with van der Waals surface area (Å²) in [6.07, 6.45) is 0. The zero-order chi connectivity index (χ0) is 8.97. The lowest BCUT2D eigenvalue weighted by Gasteiger charge is -1.82. The monoisotopic (exact) mass is 181 g/mol. The van der Waals surface area contributed by atoms with Crippen LogP contribution in [0.1, 0.15) is 10.7 Å². The van der Waals surface area contributed by atoms with Crippen molar-refractivity contribution in [3.63, 3.8) is 0 Å². The average molecular weight is 181 g/mol. The molecule has 0 saturated heterocycles. The van der Waals surface area contributed by atoms with Crippen LogP contribution in [0.3, 0.4) is 0 Å². The summed E-state index contributed by atoms with van der Waals surface area (Å²) < 4.78 is 4.34. The van der Waals surface area contributed by atoms with Crippen LogP contribution in [0.5, 0.6) is 0 Å². The van der Waals surface area contributed by atoms with Gasteiger partial charge in [-0.15, -0.1) is 11.3 Å². The molecular weight excluding hydrogens is 174 g/mol. The van der Waals surface area contributed by atoms with Gasteiger partial charge in [0.1, 0.15) is 5.69 Å². The van der Waals surface area contributed by atoms with Gasteiger partial charge in [0.2, 0.25) is 0 Å². The van der Waals surface area contributed by atoms with Crippen molar-refractivity contribution < 1.29 is 9.53 Å². The van der Waals surface area contributed by atoms with E-state index in [9.17, 15) is 4.79 Å². The first-order valence-electron chi connectivity index (χ1n) is 3.24. The summed E-state index contributed by atoms with van der Waals surface area (Å²) in [5, 5.41) is 2.73. The van der Waals surface area contributed by atoms with Crippen LogP contribution in [-0.2, 0) is 9.53 Å². The van der Waals surface area contributed by atoms with Crippen LogP contribution in [0.25, 0.3) is 0 Å². The van der Waals surface area contributed by atoms with Gasteiger partial charge in [-0.2, -0.15) is 0 Å². The Morgan fingerprint density at radius 3 is 3.00 bits per heavy atom. The topological polar surface area (TPSA) is 39.2 Å². The minimum atomic E-state index is -0.541. The molecule has 3 nitrogen and oxygen atoms in total. The van der Waals surface area contributed by atoms with Gasteiger partial charge >= 0.3 is 5.97 Å². The third kappa shape index (κ3) is 2.36. The Kier molecular flexibility index (Phi) is 2.83. The van der Waals surface area contributed by atoms with Crippen molar-refractivity contribution in [3.8, 4) is 11.8 Å². The lowest BCUT2D eigenvalue weighted by atomic mass is 10.5. The summed E-state index contributed by atoms with van der Waals surface area (Å²) in [4.78, 5) is 14.6. The summed E-state index contributed by atoms with van der Waals surface area (Å²) in [7, 11) is 1.29. The Morgan fingerprint density at radius 2 is 2.50 bits per heavy atom. The van der Waals surface area contributed by atoms with Gasteiger partial charge in [0.15, 0.2) is 0 Å². The Morgan fingerprint density at radius 1 is 1.75 bits per heavy atom. The second-order valence-corrected chi connectivity index (χ2v) is 3.06. The molecule has 12 heavy (non-hydrogen) atoms. The largest absolute Gasteiger partial charge is 0.459 e. The fourth-order valence-corrected chi connectivity index (χ4v) is 1.13. The molecule has 62 valence electrons. The third-order valence-electron chi connectivity index (χ3n) is 1.10. The van der Waals surface area contributed by atoms with Crippen molar-refractivity contribution in [2.75, 3.05) is 7.11 Å². The van der Waals surface area contributed by atoms with Gasteiger partial charge in [0.05, 0.1) is 12.1 Å². The van der Waals surface area contributed by atoms with E-state index in [0.29, 0.717) is 5.69 Å². The van der Waals surface area contributed by atoms with Gasteiger partial charge in [0.25, 0.3) is 0 Å². The van der Waals surface area contributed by atoms with Crippen LogP contribution in [0, 0.1) is 18.8 Å². The molecule has 0 amide bonds. The van der Waals surface area contributed by atoms with Gasteiger partial charge < -0.3 is 4.74 Å². The molecule has 0 radical (unpaired) electrons. The van der Waals surface area contributed by atoms with Gasteiger partial charge in [-0.1, -0.05) is 0 Å². The first-order valence-corrected chi connectivity index (χ1v) is 4.12. The number of nitrogens with zero attached hydrogens (tertiary/aromatic N) is 1. The van der Waals surface area contributed by atoms with Gasteiger partial charge in [-0.3, -0.25) is 0 Å². The molecule has 1 rings (SSSR count). The van der Waals surface area contributed by atoms with Crippen molar-refractivity contribution in [1.29, 1.82) is 0 Å². The highest BCUT2D eigenvalue weighted by atomic mass is 32.1. The number of carbonyl (C=O) groups excluding carboxylic acids is 1. The molecule has 0 atom stereocenters. The summed E-state index contributed by atoms with van der Waals surface area (Å²) in [6.45, 7) is 1.88. The molecule has 0 N–H and O–H groups in total. The smallest absolute Gasteiger partial charge is 0.384 e. The Balaban J connectivity index is 2.73. The molecule has 0 aromatic carbocycles. The summed E-state index contributed by atoms with van der Waals surface area (Å²) >= 11 is 1.50. The number of methoxy groups -OCH3 is 1. The fraction of sp³-hybridized carbons (Fsp3) is 0.250. The van der Waals surface area contributed by atoms with E-state index in [4.69, 9.17) is 0 Å². The minimum Gasteiger partial charge on any atom is -0.459 e. The highest BCUT2D eigenvalue weighted by Gasteiger charge is 1.94. The molecular formula is C8H7NO2S. The average Bonchev–Trinajstić information content (AvgIpc) is 2.47. The van der Waals surface area contributed by atoms with E-state index < -0.39 is 5.97 Å². The van der Waals surface area contributed by atoms with Gasteiger partial charge in [-0.25, -0.2) is 9.78 Å². The maximum atomic E-state index is 10.6. The predicted octanol–water partition coefficient (Wildman–Crippen LogP) is 0.976. The molecule has 0 aliphatic heterocycles. The second kappa shape index (κ2) is 3.88. The summed E-state index contributed by atoms with van der Waals surface area (Å²) in [6, 6.07) is 0. The SMILES string of the molecule is COC(=O)C#Cc1csc(C)n1. The van der Waals surface area contributed by atoms with E-state index >= 15 is 0 Å². The van der Waals surface area contributed by atoms with Crippen LogP contribution < -0.4 is 0 Å². The van der Waals surface area contributed by atoms with E-state index in [0.717, 1.165) is 5.01 Å². The fourth-order valence-electron chi connectivity index (χ4n) is 0.587. The van der Waals surface area contributed by atoms with Crippen LogP contribution >= 0.6 is 11.3 Å². The molecule has 0 spiro atoms. The molecule has 0 bridgehead atoms. The van der Waals surface area contributed by atoms with Crippen molar-refractivity contribution in [1.82, 2.24) is 4.98 Å². The molecule has 1 aromatic rings. The zero-order valence-electron chi connectivity index (χ0n) is 6.75. The molecule has 0 unspecified atom stereocenters. The molecule has 0 aliphatic rings. The standard InChI is InChI=1S/C8H7NO2S/c1-6-9-7(5-12-6)3-4-8(10)11-2/h5H,1-2H3. The van der Waals surface area contributed by atoms with Crippen molar-refractivity contribution in [2.24, 2.45) is 0 Å². The summed E-state index contributed by atoms with van der Waals surface area (Å²) in [5.41, 5.74) is 0.614. The van der Waals surface area contributed by atoms with E-state index in [1.54, 1.807) is 5.38 Å². The number of hydrogen-bond acceptors (Lipinski definition) is 4. The van der Waals surface area contributed by atoms with Crippen molar-refractivity contribution >= 4 is 17.3 Å². The van der Waals surface area contributed by atoms with E-state index in [-0.39, 0.29) is 0 Å². The van der Waals surface area contributed by atoms with Crippen LogP contribution in [0.4, 0.5) is 0 Å². The number of ether oxygens (including phenoxy) is 1. The van der Waals surface area contributed by atoms with E-state index in [1.807, 2.05) is 6.92 Å². The quantitative estimate of drug-likeness (QED) is 0.442. The second-order valence-electron chi connectivity index (χ2n) is 1.99. The highest BCUT2D eigenvalue weighted by Crippen LogP contribution is 2.05. The maximum absolute atomic E-state index is 10.6. The number of esters is 1. The Hall–Kier alpha value is -1.34. The molecule has 0 saturated carbocycles. The van der Waals surface area contributed by atoms with Gasteiger partial charge in [0, 0.05) is 11.3 Å². The zero-order valence-corrected chi connectivity index (χ0v) is 7.57. The number of aromatic nitrogens is 1. The van der Waals surface area contributed by atoms with Crippen LogP contribution in [0.15, 0.2) is 5.38 Å². The highest BCUT2D eigenvalue weighted by molar-refractivity contribution is 7.09. The van der Waals surface area contributed by atoms with Crippen LogP contribution in [0.2, 0.25) is 0 Å². The number of thiazole rings is 1. The first-order chi connectivity index (χ1) is 5.72. The molecule has 4 heteroatoms. The lowest BCUT2D eigenvalue weighted by molar-refractivity contribution is -0.133. The summed E-state index contributed by atoms with van der Waals surface area (Å²) in [5.74, 6) is 4.34. The molecule has 1 heterocycles. The Labute approximate surface area is 74.4 Å². The minimum absolute atomic E-state index is 0.541. The number of rotatable bonds is 0. The number of aryl methyl sites for hydroxylation is 1. The van der Waals surface area contributed by atoms with Crippen molar-refractivity contribution in [2.45, 2.75) is 6.92 Å².